The monoisotopic (exact) mass is 472 g/mol. The van der Waals surface area contributed by atoms with Crippen LogP contribution in [0.5, 0.6) is 17.2 Å². The minimum atomic E-state index is -2.14. The number of fused-ring (bicyclic) bond motifs is 2. The van der Waals surface area contributed by atoms with E-state index in [9.17, 15) is 15.8 Å². The summed E-state index contributed by atoms with van der Waals surface area (Å²) < 4.78 is 28.6. The van der Waals surface area contributed by atoms with Gasteiger partial charge in [-0.1, -0.05) is 30.3 Å². The normalized spacial score (nSPS) is 28.1. The molecule has 2 aromatic carbocycles. The van der Waals surface area contributed by atoms with Crippen molar-refractivity contribution in [2.24, 2.45) is 16.7 Å². The van der Waals surface area contributed by atoms with Gasteiger partial charge in [0.25, 0.3) is 0 Å². The third-order valence-corrected chi connectivity index (χ3v) is 7.02. The van der Waals surface area contributed by atoms with Crippen LogP contribution in [0.15, 0.2) is 42.5 Å². The minimum Gasteiger partial charge on any atom is -0.496 e. The average molecular weight is 473 g/mol. The zero-order valence-electron chi connectivity index (χ0n) is 19.8. The number of nitrogens with one attached hydrogen (secondary N) is 1. The van der Waals surface area contributed by atoms with E-state index in [1.54, 1.807) is 19.1 Å². The lowest BCUT2D eigenvalue weighted by atomic mass is 9.52. The maximum Gasteiger partial charge on any atom is 0.215 e. The summed E-state index contributed by atoms with van der Waals surface area (Å²) in [7, 11) is 4.35. The molecule has 0 spiro atoms. The first-order valence-corrected chi connectivity index (χ1v) is 10.8. The van der Waals surface area contributed by atoms with Crippen molar-refractivity contribution in [3.05, 3.63) is 53.6 Å². The Morgan fingerprint density at radius 3 is 2.06 bits per heavy atom. The third kappa shape index (κ3) is 3.11. The van der Waals surface area contributed by atoms with E-state index in [0.29, 0.717) is 17.1 Å². The van der Waals surface area contributed by atoms with Gasteiger partial charge in [0.2, 0.25) is 17.1 Å². The van der Waals surface area contributed by atoms with Gasteiger partial charge in [0.15, 0.2) is 16.9 Å². The number of nitriles is 3. The van der Waals surface area contributed by atoms with Crippen molar-refractivity contribution in [3.8, 4) is 35.5 Å². The molecule has 0 saturated carbocycles. The summed E-state index contributed by atoms with van der Waals surface area (Å²) in [6, 6.07) is 18.7. The Kier molecular flexibility index (Phi) is 5.80. The lowest BCUT2D eigenvalue weighted by Crippen LogP contribution is -2.59. The Morgan fingerprint density at radius 1 is 0.914 bits per heavy atom. The number of hydrogen-bond acceptors (Lipinski definition) is 9. The molecule has 2 fully saturated rings. The fourth-order valence-electron chi connectivity index (χ4n) is 5.27. The molecule has 2 heterocycles. The van der Waals surface area contributed by atoms with Gasteiger partial charge < -0.3 is 23.7 Å². The third-order valence-electron chi connectivity index (χ3n) is 7.02. The van der Waals surface area contributed by atoms with E-state index >= 15 is 0 Å². The lowest BCUT2D eigenvalue weighted by Gasteiger charge is -2.49. The van der Waals surface area contributed by atoms with E-state index in [2.05, 4.69) is 18.2 Å². The van der Waals surface area contributed by atoms with Crippen molar-refractivity contribution in [1.29, 1.82) is 21.2 Å². The van der Waals surface area contributed by atoms with E-state index in [1.807, 2.05) is 30.3 Å². The first-order chi connectivity index (χ1) is 16.8. The molecule has 0 amide bonds. The molecule has 1 N–H and O–H groups in total. The zero-order chi connectivity index (χ0) is 25.4. The highest BCUT2D eigenvalue weighted by Gasteiger charge is 2.79. The van der Waals surface area contributed by atoms with Gasteiger partial charge in [-0.15, -0.1) is 0 Å². The second-order valence-electron chi connectivity index (χ2n) is 8.59. The summed E-state index contributed by atoms with van der Waals surface area (Å²) in [5, 5.41) is 40.3. The Balaban J connectivity index is 1.98. The summed E-state index contributed by atoms with van der Waals surface area (Å²) >= 11 is 0. The Morgan fingerprint density at radius 2 is 1.51 bits per heavy atom. The van der Waals surface area contributed by atoms with Gasteiger partial charge in [0.05, 0.1) is 45.5 Å². The van der Waals surface area contributed by atoms with Crippen LogP contribution in [0.3, 0.4) is 0 Å². The predicted octanol–water partition coefficient (Wildman–Crippen LogP) is 3.91. The summed E-state index contributed by atoms with van der Waals surface area (Å²) in [6.07, 6.45) is -1.04. The van der Waals surface area contributed by atoms with Crippen LogP contribution in [0, 0.1) is 56.2 Å². The zero-order valence-corrected chi connectivity index (χ0v) is 19.8. The fraction of sp³-hybridized carbons (Fsp3) is 0.385. The van der Waals surface area contributed by atoms with E-state index < -0.39 is 34.5 Å². The topological polar surface area (TPSA) is 141 Å². The molecule has 2 saturated heterocycles. The molecule has 4 unspecified atom stereocenters. The number of benzene rings is 2. The number of ether oxygens (including phenoxy) is 5. The number of methoxy groups -OCH3 is 3. The first kappa shape index (κ1) is 23.9. The largest absolute Gasteiger partial charge is 0.496 e. The van der Waals surface area contributed by atoms with Crippen molar-refractivity contribution >= 4 is 5.90 Å². The lowest BCUT2D eigenvalue weighted by molar-refractivity contribution is -0.272. The van der Waals surface area contributed by atoms with Crippen LogP contribution in [0.25, 0.3) is 0 Å². The minimum absolute atomic E-state index is 0.258. The van der Waals surface area contributed by atoms with Gasteiger partial charge in [0, 0.05) is 18.6 Å². The smallest absolute Gasteiger partial charge is 0.215 e. The molecule has 2 aliphatic rings. The average Bonchev–Trinajstić information content (AvgIpc) is 3.04. The SMILES string of the molecule is COc1cc(OC)c(C2OC3(C)OC(=N)C(C#N)(C3Cc3ccccc3)C2(C#N)C#N)cc1OC. The molecule has 4 rings (SSSR count). The van der Waals surface area contributed by atoms with Crippen LogP contribution >= 0.6 is 0 Å². The molecule has 2 aromatic rings. The molecule has 2 bridgehead atoms. The van der Waals surface area contributed by atoms with Gasteiger partial charge >= 0.3 is 0 Å². The van der Waals surface area contributed by atoms with Crippen molar-refractivity contribution in [2.75, 3.05) is 21.3 Å². The van der Waals surface area contributed by atoms with Gasteiger partial charge in [-0.05, 0) is 18.1 Å². The van der Waals surface area contributed by atoms with E-state index in [0.717, 1.165) is 5.56 Å². The second kappa shape index (κ2) is 8.51. The predicted molar refractivity (Wildman–Crippen MR) is 122 cm³/mol. The van der Waals surface area contributed by atoms with Crippen molar-refractivity contribution < 1.29 is 23.7 Å². The number of nitrogens with zero attached hydrogens (tertiary/aromatic N) is 3. The molecule has 0 aromatic heterocycles. The van der Waals surface area contributed by atoms with Crippen LogP contribution in [-0.4, -0.2) is 33.0 Å². The van der Waals surface area contributed by atoms with Crippen LogP contribution in [0.1, 0.15) is 24.2 Å². The van der Waals surface area contributed by atoms with Crippen LogP contribution < -0.4 is 14.2 Å². The molecule has 4 atom stereocenters. The molecule has 178 valence electrons. The molecule has 9 nitrogen and oxygen atoms in total. The summed E-state index contributed by atoms with van der Waals surface area (Å²) in [5.74, 6) is -1.78. The molecule has 9 heteroatoms. The highest BCUT2D eigenvalue weighted by Crippen LogP contribution is 2.67. The van der Waals surface area contributed by atoms with E-state index in [4.69, 9.17) is 29.1 Å². The van der Waals surface area contributed by atoms with Crippen LogP contribution in [0.4, 0.5) is 0 Å². The van der Waals surface area contributed by atoms with Crippen molar-refractivity contribution in [3.63, 3.8) is 0 Å². The number of hydrogen-bond donors (Lipinski definition) is 1. The maximum absolute atomic E-state index is 10.6. The maximum atomic E-state index is 10.6. The molecular weight excluding hydrogens is 448 g/mol. The molecule has 0 aliphatic carbocycles. The van der Waals surface area contributed by atoms with Gasteiger partial charge in [-0.3, -0.25) is 5.41 Å². The first-order valence-electron chi connectivity index (χ1n) is 10.8. The molecule has 2 aliphatic heterocycles. The van der Waals surface area contributed by atoms with E-state index in [-0.39, 0.29) is 12.2 Å². The highest BCUT2D eigenvalue weighted by atomic mass is 16.7. The molecule has 35 heavy (non-hydrogen) atoms. The van der Waals surface area contributed by atoms with Crippen LogP contribution in [-0.2, 0) is 15.9 Å². The van der Waals surface area contributed by atoms with E-state index in [1.165, 1.54) is 21.3 Å². The summed E-state index contributed by atoms with van der Waals surface area (Å²) in [5.41, 5.74) is -2.89. The number of rotatable bonds is 6. The summed E-state index contributed by atoms with van der Waals surface area (Å²) in [6.45, 7) is 1.63. The Bertz CT molecular complexity index is 1280. The quantitative estimate of drug-likeness (QED) is 0.667. The molecular formula is C26H24N4O5. The second-order valence-corrected chi connectivity index (χ2v) is 8.59. The highest BCUT2D eigenvalue weighted by molar-refractivity contribution is 5.89. The van der Waals surface area contributed by atoms with Crippen LogP contribution in [0.2, 0.25) is 0 Å². The standard InChI is InChI=1S/C26H24N4O5/c1-24-21(10-16-8-6-5-7-9-16)26(15-29,23(30)35-24)25(13-27,14-28)22(34-24)17-11-19(32-3)20(33-4)12-18(17)31-2/h5-9,11-12,21-22,30H,10H2,1-4H3. The summed E-state index contributed by atoms with van der Waals surface area (Å²) in [4.78, 5) is 0. The fourth-order valence-corrected chi connectivity index (χ4v) is 5.27. The Labute approximate surface area is 203 Å². The Hall–Kier alpha value is -4.26. The molecule has 0 radical (unpaired) electrons. The van der Waals surface area contributed by atoms with Crippen molar-refractivity contribution in [2.45, 2.75) is 25.2 Å². The van der Waals surface area contributed by atoms with Gasteiger partial charge in [-0.2, -0.15) is 15.8 Å². The van der Waals surface area contributed by atoms with Gasteiger partial charge in [-0.25, -0.2) is 0 Å². The van der Waals surface area contributed by atoms with Gasteiger partial charge in [0.1, 0.15) is 11.9 Å². The van der Waals surface area contributed by atoms with Crippen molar-refractivity contribution in [1.82, 2.24) is 0 Å².